The summed E-state index contributed by atoms with van der Waals surface area (Å²) in [4.78, 5) is 1.37. The van der Waals surface area contributed by atoms with Crippen molar-refractivity contribution in [2.45, 2.75) is 13.1 Å². The topological polar surface area (TPSA) is 61.8 Å². The first kappa shape index (κ1) is 16.1. The lowest BCUT2D eigenvalue weighted by molar-refractivity contribution is -0.153. The summed E-state index contributed by atoms with van der Waals surface area (Å²) < 4.78 is 51.4. The fourth-order valence-corrected chi connectivity index (χ4v) is 1.72. The van der Waals surface area contributed by atoms with Crippen LogP contribution in [0.15, 0.2) is 29.4 Å². The standard InChI is InChI=1S/C12H15F4N3O/c1-2-19(9-5-3-8(13)4-6-9)7-10(11(17)18-20)12(14,15)16/h3-6,10,20H,2,7H2,1H3,(H2,17,18). The molecular formula is C12H15F4N3O. The molecule has 1 aromatic carbocycles. The number of nitrogens with zero attached hydrogens (tertiary/aromatic N) is 2. The summed E-state index contributed by atoms with van der Waals surface area (Å²) in [7, 11) is 0. The first-order valence-corrected chi connectivity index (χ1v) is 5.84. The van der Waals surface area contributed by atoms with Gasteiger partial charge in [-0.1, -0.05) is 5.16 Å². The van der Waals surface area contributed by atoms with E-state index in [-0.39, 0.29) is 6.54 Å². The van der Waals surface area contributed by atoms with Crippen LogP contribution in [0.4, 0.5) is 23.2 Å². The predicted octanol–water partition coefficient (Wildman–Crippen LogP) is 2.58. The van der Waals surface area contributed by atoms with Crippen molar-refractivity contribution in [3.05, 3.63) is 30.1 Å². The third-order valence-electron chi connectivity index (χ3n) is 2.84. The van der Waals surface area contributed by atoms with Crippen LogP contribution in [0.2, 0.25) is 0 Å². The van der Waals surface area contributed by atoms with Crippen LogP contribution >= 0.6 is 0 Å². The normalized spacial score (nSPS) is 14.2. The Labute approximate surface area is 113 Å². The largest absolute Gasteiger partial charge is 0.409 e. The van der Waals surface area contributed by atoms with Crippen molar-refractivity contribution in [1.29, 1.82) is 0 Å². The van der Waals surface area contributed by atoms with Gasteiger partial charge in [0.15, 0.2) is 5.84 Å². The van der Waals surface area contributed by atoms with Crippen LogP contribution in [0.3, 0.4) is 0 Å². The molecule has 0 heterocycles. The molecule has 0 fully saturated rings. The molecule has 1 unspecified atom stereocenters. The Balaban J connectivity index is 2.98. The molecule has 1 aromatic rings. The molecule has 112 valence electrons. The Bertz CT molecular complexity index is 459. The zero-order valence-corrected chi connectivity index (χ0v) is 10.7. The quantitative estimate of drug-likeness (QED) is 0.288. The van der Waals surface area contributed by atoms with Crippen molar-refractivity contribution >= 4 is 11.5 Å². The molecule has 0 aliphatic carbocycles. The number of amidine groups is 1. The Morgan fingerprint density at radius 3 is 2.30 bits per heavy atom. The summed E-state index contributed by atoms with van der Waals surface area (Å²) >= 11 is 0. The lowest BCUT2D eigenvalue weighted by Crippen LogP contribution is -2.44. The van der Waals surface area contributed by atoms with Crippen LogP contribution in [0.1, 0.15) is 6.92 Å². The number of oxime groups is 1. The number of anilines is 1. The second-order valence-electron chi connectivity index (χ2n) is 4.13. The first-order chi connectivity index (χ1) is 9.29. The maximum absolute atomic E-state index is 12.9. The molecule has 0 saturated heterocycles. The molecule has 0 aliphatic heterocycles. The van der Waals surface area contributed by atoms with Gasteiger partial charge in [0, 0.05) is 18.8 Å². The minimum Gasteiger partial charge on any atom is -0.409 e. The van der Waals surface area contributed by atoms with E-state index in [0.29, 0.717) is 5.69 Å². The average molecular weight is 293 g/mol. The summed E-state index contributed by atoms with van der Waals surface area (Å²) in [6, 6.07) is 5.06. The van der Waals surface area contributed by atoms with Crippen molar-refractivity contribution in [3.63, 3.8) is 0 Å². The van der Waals surface area contributed by atoms with Crippen molar-refractivity contribution < 1.29 is 22.8 Å². The van der Waals surface area contributed by atoms with E-state index < -0.39 is 30.3 Å². The smallest absolute Gasteiger partial charge is 0.400 e. The molecule has 0 radical (unpaired) electrons. The third-order valence-corrected chi connectivity index (χ3v) is 2.84. The highest BCUT2D eigenvalue weighted by Gasteiger charge is 2.43. The lowest BCUT2D eigenvalue weighted by atomic mass is 10.1. The summed E-state index contributed by atoms with van der Waals surface area (Å²) in [5.74, 6) is -3.48. The fourth-order valence-electron chi connectivity index (χ4n) is 1.72. The maximum Gasteiger partial charge on any atom is 0.400 e. The monoisotopic (exact) mass is 293 g/mol. The zero-order chi connectivity index (χ0) is 15.3. The van der Waals surface area contributed by atoms with Gasteiger partial charge in [0.2, 0.25) is 0 Å². The van der Waals surface area contributed by atoms with Gasteiger partial charge in [-0.15, -0.1) is 0 Å². The molecular weight excluding hydrogens is 278 g/mol. The van der Waals surface area contributed by atoms with Crippen LogP contribution in [-0.4, -0.2) is 30.3 Å². The van der Waals surface area contributed by atoms with Crippen LogP contribution in [0, 0.1) is 11.7 Å². The van der Waals surface area contributed by atoms with Gasteiger partial charge in [0.05, 0.1) is 0 Å². The summed E-state index contributed by atoms with van der Waals surface area (Å²) in [6.45, 7) is 1.40. The highest BCUT2D eigenvalue weighted by Crippen LogP contribution is 2.28. The van der Waals surface area contributed by atoms with Gasteiger partial charge < -0.3 is 15.8 Å². The average Bonchev–Trinajstić information content (AvgIpc) is 2.39. The summed E-state index contributed by atoms with van der Waals surface area (Å²) in [5.41, 5.74) is 5.53. The van der Waals surface area contributed by atoms with Crippen LogP contribution in [-0.2, 0) is 0 Å². The molecule has 4 nitrogen and oxygen atoms in total. The molecule has 0 spiro atoms. The highest BCUT2D eigenvalue weighted by molar-refractivity contribution is 5.83. The van der Waals surface area contributed by atoms with Crippen molar-refractivity contribution in [1.82, 2.24) is 0 Å². The Hall–Kier alpha value is -1.99. The second-order valence-corrected chi connectivity index (χ2v) is 4.13. The second kappa shape index (κ2) is 6.44. The van der Waals surface area contributed by atoms with Gasteiger partial charge in [-0.2, -0.15) is 13.2 Å². The van der Waals surface area contributed by atoms with E-state index in [9.17, 15) is 17.6 Å². The van der Waals surface area contributed by atoms with E-state index in [4.69, 9.17) is 10.9 Å². The Morgan fingerprint density at radius 1 is 1.35 bits per heavy atom. The number of hydrogen-bond acceptors (Lipinski definition) is 3. The number of benzene rings is 1. The molecule has 0 amide bonds. The van der Waals surface area contributed by atoms with Gasteiger partial charge in [-0.3, -0.25) is 0 Å². The number of rotatable bonds is 5. The van der Waals surface area contributed by atoms with E-state index in [1.54, 1.807) is 6.92 Å². The minimum absolute atomic E-state index is 0.261. The molecule has 0 saturated carbocycles. The first-order valence-electron chi connectivity index (χ1n) is 5.84. The predicted molar refractivity (Wildman–Crippen MR) is 67.2 cm³/mol. The molecule has 3 N–H and O–H groups in total. The van der Waals surface area contributed by atoms with Crippen LogP contribution in [0.5, 0.6) is 0 Å². The number of nitrogens with two attached hydrogens (primary N) is 1. The number of halogens is 4. The van der Waals surface area contributed by atoms with E-state index in [1.165, 1.54) is 17.0 Å². The molecule has 8 heteroatoms. The van der Waals surface area contributed by atoms with Gasteiger partial charge in [0.25, 0.3) is 0 Å². The van der Waals surface area contributed by atoms with E-state index >= 15 is 0 Å². The minimum atomic E-state index is -4.64. The number of hydrogen-bond donors (Lipinski definition) is 2. The van der Waals surface area contributed by atoms with Gasteiger partial charge in [0.1, 0.15) is 11.7 Å². The van der Waals surface area contributed by atoms with Crippen LogP contribution in [0.25, 0.3) is 0 Å². The SMILES string of the molecule is CCN(CC(/C(N)=N/O)C(F)(F)F)c1ccc(F)cc1. The fraction of sp³-hybridized carbons (Fsp3) is 0.417. The molecule has 0 aromatic heterocycles. The van der Waals surface area contributed by atoms with Crippen molar-refractivity contribution in [2.75, 3.05) is 18.0 Å². The van der Waals surface area contributed by atoms with Gasteiger partial charge in [-0.25, -0.2) is 4.39 Å². The van der Waals surface area contributed by atoms with E-state index in [0.717, 1.165) is 12.1 Å². The molecule has 0 bridgehead atoms. The maximum atomic E-state index is 12.9. The lowest BCUT2D eigenvalue weighted by Gasteiger charge is -2.29. The van der Waals surface area contributed by atoms with E-state index in [1.807, 2.05) is 0 Å². The van der Waals surface area contributed by atoms with Crippen LogP contribution < -0.4 is 10.6 Å². The summed E-state index contributed by atoms with van der Waals surface area (Å²) in [5, 5.41) is 10.9. The number of alkyl halides is 3. The van der Waals surface area contributed by atoms with Gasteiger partial charge >= 0.3 is 6.18 Å². The molecule has 20 heavy (non-hydrogen) atoms. The van der Waals surface area contributed by atoms with E-state index in [2.05, 4.69) is 5.16 Å². The summed E-state index contributed by atoms with van der Waals surface area (Å²) in [6.07, 6.45) is -4.64. The molecule has 0 aliphatic rings. The Kier molecular flexibility index (Phi) is 5.18. The third kappa shape index (κ3) is 4.01. The zero-order valence-electron chi connectivity index (χ0n) is 10.7. The molecule has 1 atom stereocenters. The highest BCUT2D eigenvalue weighted by atomic mass is 19.4. The van der Waals surface area contributed by atoms with Crippen molar-refractivity contribution in [3.8, 4) is 0 Å². The van der Waals surface area contributed by atoms with Gasteiger partial charge in [-0.05, 0) is 31.2 Å². The van der Waals surface area contributed by atoms with Crippen molar-refractivity contribution in [2.24, 2.45) is 16.8 Å². The molecule has 1 rings (SSSR count). The Morgan fingerprint density at radius 2 is 1.90 bits per heavy atom.